The number of esters is 3. The first-order valence-corrected chi connectivity index (χ1v) is 12.3. The van der Waals surface area contributed by atoms with Crippen LogP contribution in [0.5, 0.6) is 0 Å². The summed E-state index contributed by atoms with van der Waals surface area (Å²) in [6.07, 6.45) is 3.41. The third-order valence-corrected chi connectivity index (χ3v) is 7.81. The summed E-state index contributed by atoms with van der Waals surface area (Å²) in [6, 6.07) is 11.2. The molecule has 3 aliphatic rings. The molecule has 0 amide bonds. The van der Waals surface area contributed by atoms with Gasteiger partial charge in [0.1, 0.15) is 5.57 Å². The lowest BCUT2D eigenvalue weighted by Gasteiger charge is -2.50. The molecule has 0 aliphatic heterocycles. The molecule has 0 N–H and O–H groups in total. The van der Waals surface area contributed by atoms with E-state index in [1.807, 2.05) is 36.4 Å². The first-order valence-electron chi connectivity index (χ1n) is 12.3. The van der Waals surface area contributed by atoms with Crippen LogP contribution in [-0.2, 0) is 38.8 Å². The third-order valence-electron chi connectivity index (χ3n) is 7.81. The van der Waals surface area contributed by atoms with Crippen LogP contribution in [0.4, 0.5) is 0 Å². The van der Waals surface area contributed by atoms with E-state index in [-0.39, 0.29) is 25.4 Å². The van der Waals surface area contributed by atoms with Gasteiger partial charge in [0.25, 0.3) is 0 Å². The molecule has 7 heteroatoms. The number of hydrogen-bond donors (Lipinski definition) is 0. The van der Waals surface area contributed by atoms with E-state index in [1.54, 1.807) is 39.8 Å². The second-order valence-corrected chi connectivity index (χ2v) is 9.25. The van der Waals surface area contributed by atoms with E-state index in [9.17, 15) is 19.2 Å². The summed E-state index contributed by atoms with van der Waals surface area (Å²) in [5.74, 6) is -4.54. The topological polar surface area (TPSA) is 96.0 Å². The number of carbonyl (C=O) groups excluding carboxylic acids is 4. The van der Waals surface area contributed by atoms with Crippen LogP contribution in [0, 0.1) is 17.3 Å². The van der Waals surface area contributed by atoms with Crippen molar-refractivity contribution in [2.45, 2.75) is 33.1 Å². The highest BCUT2D eigenvalue weighted by Crippen LogP contribution is 2.72. The molecule has 0 heterocycles. The van der Waals surface area contributed by atoms with E-state index in [4.69, 9.17) is 14.2 Å². The van der Waals surface area contributed by atoms with Gasteiger partial charge in [0.2, 0.25) is 0 Å². The molecule has 0 bridgehead atoms. The molecule has 0 fully saturated rings. The second-order valence-electron chi connectivity index (χ2n) is 9.25. The minimum Gasteiger partial charge on any atom is -0.466 e. The summed E-state index contributed by atoms with van der Waals surface area (Å²) in [5, 5.41) is 1.68. The average Bonchev–Trinajstić information content (AvgIpc) is 3.27. The summed E-state index contributed by atoms with van der Waals surface area (Å²) in [4.78, 5) is 55.7. The second kappa shape index (κ2) is 8.43. The number of rotatable bonds is 6. The van der Waals surface area contributed by atoms with Gasteiger partial charge in [-0.1, -0.05) is 55.5 Å². The van der Waals surface area contributed by atoms with E-state index in [2.05, 4.69) is 0 Å². The number of benzene rings is 2. The highest BCUT2D eigenvalue weighted by atomic mass is 16.5. The Morgan fingerprint density at radius 1 is 0.889 bits per heavy atom. The highest BCUT2D eigenvalue weighted by molar-refractivity contribution is 6.37. The van der Waals surface area contributed by atoms with Gasteiger partial charge < -0.3 is 14.2 Å². The zero-order chi connectivity index (χ0) is 25.8. The molecule has 0 saturated carbocycles. The minimum atomic E-state index is -1.89. The number of carbonyl (C=O) groups is 4. The number of ketones is 1. The Bertz CT molecular complexity index is 1380. The summed E-state index contributed by atoms with van der Waals surface area (Å²) >= 11 is 0. The van der Waals surface area contributed by atoms with Crippen molar-refractivity contribution in [3.63, 3.8) is 0 Å². The normalized spacial score (nSPS) is 27.6. The molecule has 0 radical (unpaired) electrons. The summed E-state index contributed by atoms with van der Waals surface area (Å²) in [5.41, 5.74) is -1.98. The quantitative estimate of drug-likeness (QED) is 0.200. The maximum Gasteiger partial charge on any atom is 0.342 e. The van der Waals surface area contributed by atoms with Crippen LogP contribution in [0.15, 0.2) is 54.1 Å². The van der Waals surface area contributed by atoms with E-state index >= 15 is 0 Å². The molecular weight excluding hydrogens is 460 g/mol. The fourth-order valence-corrected chi connectivity index (χ4v) is 6.73. The van der Waals surface area contributed by atoms with Crippen LogP contribution in [0.3, 0.4) is 0 Å². The molecule has 7 nitrogen and oxygen atoms in total. The predicted octanol–water partition coefficient (Wildman–Crippen LogP) is 3.93. The van der Waals surface area contributed by atoms with Gasteiger partial charge in [0, 0.05) is 0 Å². The van der Waals surface area contributed by atoms with Crippen molar-refractivity contribution < 1.29 is 33.4 Å². The van der Waals surface area contributed by atoms with Gasteiger partial charge in [-0.2, -0.15) is 0 Å². The molecular formula is C29H28O7. The van der Waals surface area contributed by atoms with Crippen molar-refractivity contribution in [1.82, 2.24) is 0 Å². The smallest absolute Gasteiger partial charge is 0.342 e. The Morgan fingerprint density at radius 3 is 2.22 bits per heavy atom. The first-order chi connectivity index (χ1) is 17.3. The number of Topliss-reactive ketones (excluding diaryl/α,β-unsaturated/α-hetero) is 1. The van der Waals surface area contributed by atoms with Gasteiger partial charge in [0.05, 0.1) is 31.2 Å². The molecule has 0 aromatic heterocycles. The molecule has 4 atom stereocenters. The molecule has 2 aromatic rings. The van der Waals surface area contributed by atoms with Gasteiger partial charge >= 0.3 is 17.9 Å². The molecule has 5 rings (SSSR count). The third kappa shape index (κ3) is 2.63. The van der Waals surface area contributed by atoms with Crippen molar-refractivity contribution in [3.8, 4) is 0 Å². The molecule has 3 aliphatic carbocycles. The van der Waals surface area contributed by atoms with E-state index in [0.29, 0.717) is 16.7 Å². The number of hydrogen-bond acceptors (Lipinski definition) is 7. The van der Waals surface area contributed by atoms with Crippen molar-refractivity contribution in [3.05, 3.63) is 65.3 Å². The fraction of sp³-hybridized carbons (Fsp3) is 0.379. The number of ether oxygens (including phenoxy) is 3. The van der Waals surface area contributed by atoms with Crippen LogP contribution in [-0.4, -0.2) is 43.5 Å². The number of fused-ring (bicyclic) bond motifs is 1. The lowest BCUT2D eigenvalue weighted by Crippen LogP contribution is -2.62. The van der Waals surface area contributed by atoms with Crippen LogP contribution in [0.1, 0.15) is 38.8 Å². The maximum absolute atomic E-state index is 14.5. The lowest BCUT2D eigenvalue weighted by molar-refractivity contribution is -0.169. The zero-order valence-corrected chi connectivity index (χ0v) is 20.8. The predicted molar refractivity (Wildman–Crippen MR) is 132 cm³/mol. The molecule has 186 valence electrons. The highest BCUT2D eigenvalue weighted by Gasteiger charge is 2.78. The average molecular weight is 489 g/mol. The zero-order valence-electron chi connectivity index (χ0n) is 20.8. The van der Waals surface area contributed by atoms with E-state index < -0.39 is 46.4 Å². The van der Waals surface area contributed by atoms with Crippen LogP contribution < -0.4 is 0 Å². The maximum atomic E-state index is 14.5. The SMILES string of the molecule is CCOC(=O)C1=C2c3cccc4cccc(c34)[C@@]23[C@H](C(=O)OCC)C=C[C@H](C)[C@@]3(C(=O)OCC)C1=O. The van der Waals surface area contributed by atoms with Crippen LogP contribution in [0.2, 0.25) is 0 Å². The Balaban J connectivity index is 2.01. The Hall–Kier alpha value is -3.74. The lowest BCUT2D eigenvalue weighted by atomic mass is 9.48. The molecule has 36 heavy (non-hydrogen) atoms. The largest absolute Gasteiger partial charge is 0.466 e. The monoisotopic (exact) mass is 488 g/mol. The summed E-state index contributed by atoms with van der Waals surface area (Å²) in [6.45, 7) is 6.98. The minimum absolute atomic E-state index is 0.0334. The number of allylic oxidation sites excluding steroid dienone is 2. The van der Waals surface area contributed by atoms with Crippen molar-refractivity contribution in [2.75, 3.05) is 19.8 Å². The summed E-state index contributed by atoms with van der Waals surface area (Å²) in [7, 11) is 0. The van der Waals surface area contributed by atoms with Crippen LogP contribution >= 0.6 is 0 Å². The van der Waals surface area contributed by atoms with Crippen LogP contribution in [0.25, 0.3) is 16.3 Å². The first kappa shape index (κ1) is 24.0. The van der Waals surface area contributed by atoms with Gasteiger partial charge in [-0.05, 0) is 54.2 Å². The summed E-state index contributed by atoms with van der Waals surface area (Å²) < 4.78 is 16.4. The van der Waals surface area contributed by atoms with Gasteiger partial charge in [-0.15, -0.1) is 0 Å². The standard InChI is InChI=1S/C29H28O7/c1-5-34-25(31)20-15-14-16(4)28(27(33)36-7-3)24(30)22(26(32)35-6-2)23-18-12-8-10-17-11-9-13-19(21(17)18)29(20,23)28/h8-16,20H,5-7H2,1-4H3/t16-,20-,28-,29+/m0/s1. The van der Waals surface area contributed by atoms with E-state index in [1.165, 1.54) is 0 Å². The van der Waals surface area contributed by atoms with Gasteiger partial charge in [0.15, 0.2) is 11.2 Å². The Kier molecular flexibility index (Phi) is 5.62. The van der Waals surface area contributed by atoms with Crippen molar-refractivity contribution in [1.29, 1.82) is 0 Å². The van der Waals surface area contributed by atoms with Gasteiger partial charge in [-0.25, -0.2) is 4.79 Å². The van der Waals surface area contributed by atoms with Crippen molar-refractivity contribution >= 4 is 40.0 Å². The fourth-order valence-electron chi connectivity index (χ4n) is 6.73. The molecule has 0 unspecified atom stereocenters. The molecule has 1 spiro atoms. The molecule has 0 saturated heterocycles. The Morgan fingerprint density at radius 2 is 1.56 bits per heavy atom. The van der Waals surface area contributed by atoms with E-state index in [0.717, 1.165) is 10.8 Å². The van der Waals surface area contributed by atoms with Gasteiger partial charge in [-0.3, -0.25) is 14.4 Å². The van der Waals surface area contributed by atoms with Crippen molar-refractivity contribution in [2.24, 2.45) is 17.3 Å². The Labute approximate surface area is 209 Å². The molecule has 2 aromatic carbocycles.